The van der Waals surface area contributed by atoms with Gasteiger partial charge in [-0.25, -0.2) is 4.68 Å². The minimum atomic E-state index is 0.440. The smallest absolute Gasteiger partial charge is 0.293 e. The highest BCUT2D eigenvalue weighted by Gasteiger charge is 2.32. The van der Waals surface area contributed by atoms with Crippen molar-refractivity contribution < 1.29 is 9.53 Å². The maximum absolute atomic E-state index is 10.2. The molecule has 0 amide bonds. The van der Waals surface area contributed by atoms with Crippen LogP contribution in [0, 0.1) is 0 Å². The molecule has 7 heteroatoms. The number of fused-ring (bicyclic) bond motifs is 1. The number of hydrogen-bond acceptors (Lipinski definition) is 6. The Bertz CT molecular complexity index is 710. The van der Waals surface area contributed by atoms with Crippen molar-refractivity contribution >= 4 is 17.5 Å². The zero-order valence-corrected chi connectivity index (χ0v) is 14.4. The number of likely N-dealkylation sites (tertiary alicyclic amines) is 1. The van der Waals surface area contributed by atoms with E-state index in [9.17, 15) is 4.79 Å². The number of rotatable bonds is 6. The molecule has 0 bridgehead atoms. The molecule has 2 aromatic rings. The van der Waals surface area contributed by atoms with Gasteiger partial charge in [0, 0.05) is 31.7 Å². The number of nitrogens with one attached hydrogen (secondary N) is 1. The second-order valence-electron chi connectivity index (χ2n) is 7.04. The molecule has 2 atom stereocenters. The summed E-state index contributed by atoms with van der Waals surface area (Å²) >= 11 is 0. The summed E-state index contributed by atoms with van der Waals surface area (Å²) in [5.41, 5.74) is 2.11. The van der Waals surface area contributed by atoms with E-state index in [1.165, 1.54) is 0 Å². The minimum Gasteiger partial charge on any atom is -0.468 e. The third-order valence-corrected chi connectivity index (χ3v) is 5.59. The Labute approximate surface area is 147 Å². The van der Waals surface area contributed by atoms with Gasteiger partial charge in [0.1, 0.15) is 5.52 Å². The summed E-state index contributed by atoms with van der Waals surface area (Å²) in [6.07, 6.45) is 4.27. The highest BCUT2D eigenvalue weighted by molar-refractivity contribution is 5.73. The zero-order valence-electron chi connectivity index (χ0n) is 14.4. The van der Waals surface area contributed by atoms with Crippen LogP contribution in [0.25, 0.3) is 11.0 Å². The molecule has 134 valence electrons. The van der Waals surface area contributed by atoms with E-state index in [1.807, 2.05) is 12.1 Å². The number of hydrogen-bond donors (Lipinski definition) is 1. The number of nitrogens with zero attached hydrogens (tertiary/aromatic N) is 4. The first-order chi connectivity index (χ1) is 12.3. The number of ether oxygens (including phenoxy) is 1. The van der Waals surface area contributed by atoms with Crippen LogP contribution in [0.5, 0.6) is 0 Å². The molecule has 2 fully saturated rings. The Morgan fingerprint density at radius 1 is 1.24 bits per heavy atom. The summed E-state index contributed by atoms with van der Waals surface area (Å²) in [7, 11) is 0. The van der Waals surface area contributed by atoms with Gasteiger partial charge in [-0.3, -0.25) is 9.69 Å². The van der Waals surface area contributed by atoms with Crippen LogP contribution in [0.15, 0.2) is 24.3 Å². The molecule has 2 aliphatic heterocycles. The fourth-order valence-corrected chi connectivity index (χ4v) is 4.21. The van der Waals surface area contributed by atoms with Gasteiger partial charge in [-0.1, -0.05) is 17.3 Å². The monoisotopic (exact) mass is 343 g/mol. The van der Waals surface area contributed by atoms with Crippen molar-refractivity contribution in [1.82, 2.24) is 25.2 Å². The number of benzene rings is 1. The lowest BCUT2D eigenvalue weighted by atomic mass is 10.0. The van der Waals surface area contributed by atoms with Gasteiger partial charge < -0.3 is 10.1 Å². The van der Waals surface area contributed by atoms with E-state index in [4.69, 9.17) is 4.74 Å². The molecule has 0 aliphatic carbocycles. The second-order valence-corrected chi connectivity index (χ2v) is 7.04. The predicted molar refractivity (Wildman–Crippen MR) is 94.2 cm³/mol. The largest absolute Gasteiger partial charge is 0.468 e. The van der Waals surface area contributed by atoms with E-state index < -0.39 is 0 Å². The second kappa shape index (κ2) is 7.49. The van der Waals surface area contributed by atoms with Crippen molar-refractivity contribution in [3.63, 3.8) is 0 Å². The molecular formula is C18H25N5O2. The number of aromatic nitrogens is 3. The molecule has 0 saturated carbocycles. The quantitative estimate of drug-likeness (QED) is 0.631. The molecule has 25 heavy (non-hydrogen) atoms. The van der Waals surface area contributed by atoms with E-state index in [0.717, 1.165) is 56.4 Å². The number of carbonyl (C=O) groups excluding carboxylic acids is 1. The minimum absolute atomic E-state index is 0.440. The van der Waals surface area contributed by atoms with Crippen LogP contribution < -0.4 is 5.32 Å². The molecule has 3 heterocycles. The van der Waals surface area contributed by atoms with Gasteiger partial charge in [0.05, 0.1) is 18.2 Å². The summed E-state index contributed by atoms with van der Waals surface area (Å²) in [6, 6.07) is 9.68. The Morgan fingerprint density at radius 2 is 2.08 bits per heavy atom. The first kappa shape index (κ1) is 16.5. The Kier molecular flexibility index (Phi) is 4.94. The Balaban J connectivity index is 1.31. The molecule has 1 N–H and O–H groups in total. The average molecular weight is 343 g/mol. The van der Waals surface area contributed by atoms with Crippen molar-refractivity contribution in [2.24, 2.45) is 0 Å². The van der Waals surface area contributed by atoms with Crippen molar-refractivity contribution in [3.8, 4) is 0 Å². The molecular weight excluding hydrogens is 318 g/mol. The molecule has 2 saturated heterocycles. The van der Waals surface area contributed by atoms with Gasteiger partial charge in [-0.2, -0.15) is 0 Å². The van der Waals surface area contributed by atoms with Crippen LogP contribution in [0.4, 0.5) is 0 Å². The van der Waals surface area contributed by atoms with Gasteiger partial charge in [0.15, 0.2) is 0 Å². The fraction of sp³-hybridized carbons (Fsp3) is 0.611. The summed E-state index contributed by atoms with van der Waals surface area (Å²) < 4.78 is 6.93. The predicted octanol–water partition coefficient (Wildman–Crippen LogP) is 1.36. The van der Waals surface area contributed by atoms with E-state index in [-0.39, 0.29) is 0 Å². The lowest BCUT2D eigenvalue weighted by molar-refractivity contribution is -0.128. The zero-order chi connectivity index (χ0) is 17.1. The summed E-state index contributed by atoms with van der Waals surface area (Å²) in [5, 5.41) is 12.2. The summed E-state index contributed by atoms with van der Waals surface area (Å²) in [6.45, 7) is 4.27. The normalized spacial score (nSPS) is 25.4. The molecule has 7 nitrogen and oxygen atoms in total. The fourth-order valence-electron chi connectivity index (χ4n) is 4.21. The lowest BCUT2D eigenvalue weighted by Crippen LogP contribution is -2.43. The van der Waals surface area contributed by atoms with Gasteiger partial charge in [0.2, 0.25) is 0 Å². The average Bonchev–Trinajstić information content (AvgIpc) is 3.29. The van der Waals surface area contributed by atoms with Gasteiger partial charge in [-0.05, 0) is 37.8 Å². The highest BCUT2D eigenvalue weighted by atomic mass is 16.5. The van der Waals surface area contributed by atoms with Crippen LogP contribution in [-0.4, -0.2) is 64.7 Å². The van der Waals surface area contributed by atoms with Crippen molar-refractivity contribution in [2.45, 2.75) is 43.8 Å². The van der Waals surface area contributed by atoms with Crippen LogP contribution in [0.3, 0.4) is 0 Å². The number of carbonyl (C=O) groups is 1. The molecule has 4 rings (SSSR count). The Hall–Kier alpha value is -1.99. The van der Waals surface area contributed by atoms with E-state index >= 15 is 0 Å². The van der Waals surface area contributed by atoms with Crippen LogP contribution in [0.1, 0.15) is 31.7 Å². The van der Waals surface area contributed by atoms with Crippen LogP contribution >= 0.6 is 0 Å². The third-order valence-electron chi connectivity index (χ3n) is 5.59. The highest BCUT2D eigenvalue weighted by Crippen LogP contribution is 2.28. The summed E-state index contributed by atoms with van der Waals surface area (Å²) in [4.78, 5) is 12.8. The number of piperidine rings is 1. The number of para-hydroxylation sites is 1. The van der Waals surface area contributed by atoms with Gasteiger partial charge >= 0.3 is 0 Å². The maximum Gasteiger partial charge on any atom is 0.293 e. The lowest BCUT2D eigenvalue weighted by Gasteiger charge is -2.35. The first-order valence-electron chi connectivity index (χ1n) is 9.18. The van der Waals surface area contributed by atoms with Crippen LogP contribution in [-0.2, 0) is 9.53 Å². The molecule has 2 aliphatic rings. The SMILES string of the molecule is O=COCCC1CC(N2CCC(n3nnc4ccccc43)CC2)CN1. The topological polar surface area (TPSA) is 72.3 Å². The van der Waals surface area contributed by atoms with Gasteiger partial charge in [-0.15, -0.1) is 5.10 Å². The molecule has 0 spiro atoms. The molecule has 2 unspecified atom stereocenters. The molecule has 1 aromatic heterocycles. The van der Waals surface area contributed by atoms with Crippen LogP contribution in [0.2, 0.25) is 0 Å². The van der Waals surface area contributed by atoms with E-state index in [0.29, 0.717) is 31.2 Å². The van der Waals surface area contributed by atoms with Crippen molar-refractivity contribution in [1.29, 1.82) is 0 Å². The van der Waals surface area contributed by atoms with Crippen molar-refractivity contribution in [3.05, 3.63) is 24.3 Å². The Morgan fingerprint density at radius 3 is 2.92 bits per heavy atom. The first-order valence-corrected chi connectivity index (χ1v) is 9.18. The van der Waals surface area contributed by atoms with E-state index in [2.05, 4.69) is 37.3 Å². The standard InChI is InChI=1S/C18H25N5O2/c24-13-25-10-7-14-11-16(12-19-14)22-8-5-15(6-9-22)23-18-4-2-1-3-17(18)20-21-23/h1-4,13-16,19H,5-12H2. The van der Waals surface area contributed by atoms with Gasteiger partial charge in [0.25, 0.3) is 6.47 Å². The van der Waals surface area contributed by atoms with E-state index in [1.54, 1.807) is 0 Å². The van der Waals surface area contributed by atoms with Crippen molar-refractivity contribution in [2.75, 3.05) is 26.2 Å². The summed E-state index contributed by atoms with van der Waals surface area (Å²) in [5.74, 6) is 0. The molecule has 1 aromatic carbocycles. The maximum atomic E-state index is 10.2. The molecule has 0 radical (unpaired) electrons. The third kappa shape index (κ3) is 3.52.